The Balaban J connectivity index is 1.70. The molecule has 2 aromatic rings. The highest BCUT2D eigenvalue weighted by Gasteiger charge is 2.27. The molecule has 1 aliphatic heterocycles. The van der Waals surface area contributed by atoms with Gasteiger partial charge in [-0.3, -0.25) is 4.79 Å². The first-order valence-electron chi connectivity index (χ1n) is 10.8. The highest BCUT2D eigenvalue weighted by atomic mass is 32.2. The number of nitrogens with zero attached hydrogens (tertiary/aromatic N) is 1. The average Bonchev–Trinajstić information content (AvgIpc) is 3.12. The van der Waals surface area contributed by atoms with Crippen molar-refractivity contribution in [3.63, 3.8) is 0 Å². The first-order valence-corrected chi connectivity index (χ1v) is 12.3. The number of rotatable bonds is 8. The van der Waals surface area contributed by atoms with Crippen LogP contribution in [-0.2, 0) is 19.5 Å². The van der Waals surface area contributed by atoms with Crippen LogP contribution in [-0.4, -0.2) is 61.7 Å². The standard InChI is InChI=1S/C23H28N2O7S/c1-4-31-23(28)20-15(2)21(24-16(20)3)19(26)14-32-22(27)17-9-8-10-18(13-17)33(29,30)25-11-6-5-7-12-25/h8-10,13,24H,4-7,11-12,14H2,1-3H3. The normalized spacial score (nSPS) is 14.6. The molecule has 33 heavy (non-hydrogen) atoms. The Kier molecular flexibility index (Phi) is 7.70. The Morgan fingerprint density at radius 2 is 1.73 bits per heavy atom. The maximum atomic E-state index is 12.9. The lowest BCUT2D eigenvalue weighted by atomic mass is 10.1. The highest BCUT2D eigenvalue weighted by Crippen LogP contribution is 2.22. The molecule has 1 N–H and O–H groups in total. The first-order chi connectivity index (χ1) is 15.7. The largest absolute Gasteiger partial charge is 0.462 e. The maximum Gasteiger partial charge on any atom is 0.340 e. The third-order valence-electron chi connectivity index (χ3n) is 5.55. The molecule has 0 saturated carbocycles. The summed E-state index contributed by atoms with van der Waals surface area (Å²) < 4.78 is 37.3. The van der Waals surface area contributed by atoms with Crippen LogP contribution in [0.5, 0.6) is 0 Å². The SMILES string of the molecule is CCOC(=O)c1c(C)[nH]c(C(=O)COC(=O)c2cccc(S(=O)(=O)N3CCCCC3)c2)c1C. The average molecular weight is 477 g/mol. The van der Waals surface area contributed by atoms with Crippen molar-refractivity contribution < 1.29 is 32.3 Å². The molecule has 0 amide bonds. The van der Waals surface area contributed by atoms with Crippen molar-refractivity contribution in [3.8, 4) is 0 Å². The van der Waals surface area contributed by atoms with E-state index in [2.05, 4.69) is 4.98 Å². The van der Waals surface area contributed by atoms with Crippen LogP contribution in [0.4, 0.5) is 0 Å². The van der Waals surface area contributed by atoms with E-state index in [9.17, 15) is 22.8 Å². The van der Waals surface area contributed by atoms with Crippen molar-refractivity contribution in [1.29, 1.82) is 0 Å². The minimum atomic E-state index is -3.70. The van der Waals surface area contributed by atoms with E-state index in [-0.39, 0.29) is 28.3 Å². The predicted octanol–water partition coefficient (Wildman–Crippen LogP) is 3.02. The number of nitrogens with one attached hydrogen (secondary N) is 1. The zero-order valence-corrected chi connectivity index (χ0v) is 19.8. The van der Waals surface area contributed by atoms with E-state index in [1.165, 1.54) is 28.6 Å². The number of H-pyrrole nitrogens is 1. The van der Waals surface area contributed by atoms with Gasteiger partial charge in [0.25, 0.3) is 0 Å². The molecule has 2 heterocycles. The van der Waals surface area contributed by atoms with E-state index in [1.807, 2.05) is 0 Å². The number of carbonyl (C=O) groups is 3. The zero-order chi connectivity index (χ0) is 24.2. The molecule has 1 aromatic carbocycles. The Hall–Kier alpha value is -2.98. The van der Waals surface area contributed by atoms with Gasteiger partial charge in [0, 0.05) is 18.8 Å². The molecule has 1 aromatic heterocycles. The Labute approximate surface area is 193 Å². The van der Waals surface area contributed by atoms with E-state index in [0.29, 0.717) is 24.3 Å². The van der Waals surface area contributed by atoms with Crippen LogP contribution in [0.15, 0.2) is 29.2 Å². The van der Waals surface area contributed by atoms with Gasteiger partial charge in [0.15, 0.2) is 6.61 Å². The van der Waals surface area contributed by atoms with Gasteiger partial charge in [0.1, 0.15) is 0 Å². The lowest BCUT2D eigenvalue weighted by molar-refractivity contribution is 0.0472. The van der Waals surface area contributed by atoms with Crippen molar-refractivity contribution in [2.24, 2.45) is 0 Å². The van der Waals surface area contributed by atoms with Gasteiger partial charge in [0.2, 0.25) is 15.8 Å². The second kappa shape index (κ2) is 10.3. The van der Waals surface area contributed by atoms with Crippen LogP contribution >= 0.6 is 0 Å². The van der Waals surface area contributed by atoms with E-state index in [0.717, 1.165) is 19.3 Å². The molecule has 0 atom stereocenters. The third-order valence-corrected chi connectivity index (χ3v) is 7.45. The van der Waals surface area contributed by atoms with Crippen LogP contribution in [0.2, 0.25) is 0 Å². The van der Waals surface area contributed by atoms with Gasteiger partial charge in [-0.1, -0.05) is 12.5 Å². The molecule has 0 radical (unpaired) electrons. The molecule has 0 unspecified atom stereocenters. The minimum Gasteiger partial charge on any atom is -0.462 e. The quantitative estimate of drug-likeness (QED) is 0.459. The summed E-state index contributed by atoms with van der Waals surface area (Å²) in [6.45, 7) is 5.49. The van der Waals surface area contributed by atoms with Gasteiger partial charge in [-0.25, -0.2) is 18.0 Å². The van der Waals surface area contributed by atoms with Crippen LogP contribution in [0.1, 0.15) is 68.6 Å². The number of esters is 2. The van der Waals surface area contributed by atoms with E-state index >= 15 is 0 Å². The predicted molar refractivity (Wildman–Crippen MR) is 120 cm³/mol. The van der Waals surface area contributed by atoms with Crippen molar-refractivity contribution in [3.05, 3.63) is 52.3 Å². The number of carbonyl (C=O) groups excluding carboxylic acids is 3. The molecule has 1 fully saturated rings. The molecular weight excluding hydrogens is 448 g/mol. The van der Waals surface area contributed by atoms with Crippen LogP contribution in [0.25, 0.3) is 0 Å². The van der Waals surface area contributed by atoms with E-state index in [1.54, 1.807) is 20.8 Å². The number of ether oxygens (including phenoxy) is 2. The Morgan fingerprint density at radius 1 is 1.03 bits per heavy atom. The fourth-order valence-electron chi connectivity index (χ4n) is 3.86. The first kappa shape index (κ1) is 24.7. The summed E-state index contributed by atoms with van der Waals surface area (Å²) >= 11 is 0. The topological polar surface area (TPSA) is 123 Å². The van der Waals surface area contributed by atoms with Crippen LogP contribution in [0, 0.1) is 13.8 Å². The Bertz CT molecular complexity index is 1160. The molecule has 1 aliphatic rings. The number of hydrogen-bond donors (Lipinski definition) is 1. The molecule has 0 aliphatic carbocycles. The molecule has 0 spiro atoms. The molecule has 1 saturated heterocycles. The maximum absolute atomic E-state index is 12.9. The van der Waals surface area contributed by atoms with Gasteiger partial charge < -0.3 is 14.5 Å². The number of piperidine rings is 1. The van der Waals surface area contributed by atoms with E-state index < -0.39 is 34.4 Å². The van der Waals surface area contributed by atoms with Crippen molar-refractivity contribution in [1.82, 2.24) is 9.29 Å². The second-order valence-electron chi connectivity index (χ2n) is 7.84. The lowest BCUT2D eigenvalue weighted by Crippen LogP contribution is -2.35. The van der Waals surface area contributed by atoms with Crippen LogP contribution in [0.3, 0.4) is 0 Å². The number of aryl methyl sites for hydroxylation is 1. The number of benzene rings is 1. The smallest absolute Gasteiger partial charge is 0.340 e. The molecule has 178 valence electrons. The zero-order valence-electron chi connectivity index (χ0n) is 19.0. The number of ketones is 1. The van der Waals surface area contributed by atoms with E-state index in [4.69, 9.17) is 9.47 Å². The summed E-state index contributed by atoms with van der Waals surface area (Å²) in [5.74, 6) is -1.87. The van der Waals surface area contributed by atoms with Gasteiger partial charge >= 0.3 is 11.9 Å². The summed E-state index contributed by atoms with van der Waals surface area (Å²) in [6, 6.07) is 5.61. The summed E-state index contributed by atoms with van der Waals surface area (Å²) in [5, 5.41) is 0. The van der Waals surface area contributed by atoms with Crippen molar-refractivity contribution in [2.75, 3.05) is 26.3 Å². The summed E-state index contributed by atoms with van der Waals surface area (Å²) in [4.78, 5) is 40.1. The number of aromatic nitrogens is 1. The van der Waals surface area contributed by atoms with Gasteiger partial charge in [-0.2, -0.15) is 4.31 Å². The minimum absolute atomic E-state index is 0.0140. The molecule has 9 nitrogen and oxygen atoms in total. The van der Waals surface area contributed by atoms with Crippen molar-refractivity contribution >= 4 is 27.7 Å². The number of sulfonamides is 1. The second-order valence-corrected chi connectivity index (χ2v) is 9.78. The molecule has 10 heteroatoms. The fourth-order valence-corrected chi connectivity index (χ4v) is 5.43. The van der Waals surface area contributed by atoms with Gasteiger partial charge in [-0.15, -0.1) is 0 Å². The van der Waals surface area contributed by atoms with Gasteiger partial charge in [-0.05, 0) is 57.4 Å². The third kappa shape index (κ3) is 5.33. The van der Waals surface area contributed by atoms with Crippen LogP contribution < -0.4 is 0 Å². The molecular formula is C23H28N2O7S. The molecule has 3 rings (SSSR count). The summed E-state index contributed by atoms with van der Waals surface area (Å²) in [7, 11) is -3.70. The summed E-state index contributed by atoms with van der Waals surface area (Å²) in [5.41, 5.74) is 1.37. The molecule has 0 bridgehead atoms. The van der Waals surface area contributed by atoms with Gasteiger partial charge in [0.05, 0.1) is 28.3 Å². The number of hydrogen-bond acceptors (Lipinski definition) is 7. The highest BCUT2D eigenvalue weighted by molar-refractivity contribution is 7.89. The number of aromatic amines is 1. The monoisotopic (exact) mass is 476 g/mol. The lowest BCUT2D eigenvalue weighted by Gasteiger charge is -2.25. The Morgan fingerprint density at radius 3 is 2.39 bits per heavy atom. The summed E-state index contributed by atoms with van der Waals surface area (Å²) in [6.07, 6.45) is 2.60. The number of Topliss-reactive ketones (excluding diaryl/α,β-unsaturated/α-hetero) is 1. The fraction of sp³-hybridized carbons (Fsp3) is 0.435. The van der Waals surface area contributed by atoms with Crippen molar-refractivity contribution in [2.45, 2.75) is 44.9 Å².